The molecule has 0 amide bonds. The van der Waals surface area contributed by atoms with E-state index in [0.29, 0.717) is 5.76 Å². The summed E-state index contributed by atoms with van der Waals surface area (Å²) in [5, 5.41) is 10.1. The molecule has 1 aliphatic carbocycles. The van der Waals surface area contributed by atoms with Gasteiger partial charge in [0.25, 0.3) is 0 Å². The van der Waals surface area contributed by atoms with E-state index in [9.17, 15) is 5.11 Å². The Morgan fingerprint density at radius 2 is 1.16 bits per heavy atom. The van der Waals surface area contributed by atoms with Crippen molar-refractivity contribution in [2.45, 2.75) is 116 Å². The minimum absolute atomic E-state index is 0. The van der Waals surface area contributed by atoms with E-state index in [0.717, 1.165) is 18.4 Å². The molecule has 0 bridgehead atoms. The molecule has 1 aliphatic rings. The SMILES string of the molecule is CCCCCCCCCCCCCCCCCC(N)C(O)=C1C=CC=C1.[Fe].c1cc[cH-]c1. The molecule has 1 atom stereocenters. The summed E-state index contributed by atoms with van der Waals surface area (Å²) in [7, 11) is 0. The van der Waals surface area contributed by atoms with Crippen LogP contribution in [0.25, 0.3) is 0 Å². The molecule has 0 aromatic heterocycles. The minimum Gasteiger partial charge on any atom is -0.510 e. The Morgan fingerprint density at radius 3 is 1.53 bits per heavy atom. The van der Waals surface area contributed by atoms with Crippen LogP contribution in [0.15, 0.2) is 66.0 Å². The molecule has 32 heavy (non-hydrogen) atoms. The molecule has 0 fully saturated rings. The molecule has 0 heterocycles. The number of unbranched alkanes of at least 4 members (excludes halogenated alkanes) is 14. The van der Waals surface area contributed by atoms with E-state index in [1.807, 2.05) is 54.6 Å². The summed E-state index contributed by atoms with van der Waals surface area (Å²) in [6, 6.07) is 9.79. The maximum Gasteiger partial charge on any atom is 0.116 e. The van der Waals surface area contributed by atoms with Crippen LogP contribution in [-0.2, 0) is 17.1 Å². The second-order valence-corrected chi connectivity index (χ2v) is 8.87. The predicted molar refractivity (Wildman–Crippen MR) is 137 cm³/mol. The van der Waals surface area contributed by atoms with Crippen LogP contribution in [0.4, 0.5) is 0 Å². The fourth-order valence-corrected chi connectivity index (χ4v) is 3.95. The van der Waals surface area contributed by atoms with Gasteiger partial charge in [-0.05, 0) is 6.42 Å². The van der Waals surface area contributed by atoms with Crippen LogP contribution in [-0.4, -0.2) is 11.1 Å². The monoisotopic (exact) mass is 482 g/mol. The first-order valence-electron chi connectivity index (χ1n) is 13.0. The minimum atomic E-state index is -0.209. The van der Waals surface area contributed by atoms with Crippen LogP contribution < -0.4 is 5.73 Å². The van der Waals surface area contributed by atoms with Gasteiger partial charge in [0.2, 0.25) is 0 Å². The van der Waals surface area contributed by atoms with E-state index in [-0.39, 0.29) is 23.1 Å². The van der Waals surface area contributed by atoms with Crippen LogP contribution in [0.2, 0.25) is 0 Å². The third-order valence-corrected chi connectivity index (χ3v) is 5.98. The van der Waals surface area contributed by atoms with E-state index in [1.54, 1.807) is 0 Å². The molecule has 0 spiro atoms. The van der Waals surface area contributed by atoms with E-state index >= 15 is 0 Å². The molecule has 184 valence electrons. The molecule has 1 unspecified atom stereocenters. The largest absolute Gasteiger partial charge is 0.510 e. The van der Waals surface area contributed by atoms with Gasteiger partial charge in [-0.1, -0.05) is 128 Å². The van der Waals surface area contributed by atoms with Gasteiger partial charge in [0.05, 0.1) is 6.04 Å². The van der Waals surface area contributed by atoms with Gasteiger partial charge in [-0.15, -0.1) is 0 Å². The zero-order valence-corrected chi connectivity index (χ0v) is 21.6. The van der Waals surface area contributed by atoms with Crippen LogP contribution in [0.5, 0.6) is 0 Å². The number of aliphatic hydroxyl groups excluding tert-OH is 1. The van der Waals surface area contributed by atoms with Gasteiger partial charge in [-0.2, -0.15) is 18.2 Å². The predicted octanol–water partition coefficient (Wildman–Crippen LogP) is 8.92. The van der Waals surface area contributed by atoms with Gasteiger partial charge in [-0.3, -0.25) is 0 Å². The smallest absolute Gasteiger partial charge is 0.116 e. The summed E-state index contributed by atoms with van der Waals surface area (Å²) in [5.74, 6) is 0.348. The molecule has 0 saturated heterocycles. The van der Waals surface area contributed by atoms with Crippen molar-refractivity contribution in [2.75, 3.05) is 0 Å². The number of hydrogen-bond acceptors (Lipinski definition) is 2. The number of hydrogen-bond donors (Lipinski definition) is 2. The van der Waals surface area contributed by atoms with Gasteiger partial charge < -0.3 is 10.8 Å². The molecule has 2 rings (SSSR count). The molecule has 1 aromatic carbocycles. The Morgan fingerprint density at radius 1 is 0.750 bits per heavy atom. The molecule has 0 radical (unpaired) electrons. The molecule has 0 saturated carbocycles. The van der Waals surface area contributed by atoms with Crippen molar-refractivity contribution >= 4 is 0 Å². The summed E-state index contributed by atoms with van der Waals surface area (Å²) in [4.78, 5) is 0. The Labute approximate surface area is 209 Å². The molecule has 0 aliphatic heterocycles. The van der Waals surface area contributed by atoms with E-state index in [1.165, 1.54) is 89.9 Å². The summed E-state index contributed by atoms with van der Waals surface area (Å²) < 4.78 is 0. The van der Waals surface area contributed by atoms with Gasteiger partial charge in [0.1, 0.15) is 5.76 Å². The maximum absolute atomic E-state index is 10.1. The number of allylic oxidation sites excluding steroid dienone is 5. The van der Waals surface area contributed by atoms with Gasteiger partial charge in [0, 0.05) is 22.6 Å². The van der Waals surface area contributed by atoms with Gasteiger partial charge >= 0.3 is 0 Å². The van der Waals surface area contributed by atoms with Crippen molar-refractivity contribution in [3.05, 3.63) is 66.0 Å². The second-order valence-electron chi connectivity index (χ2n) is 8.87. The zero-order valence-electron chi connectivity index (χ0n) is 20.5. The first-order valence-corrected chi connectivity index (χ1v) is 13.0. The topological polar surface area (TPSA) is 46.2 Å². The molecular weight excluding hydrogens is 434 g/mol. The molecule has 3 heteroatoms. The van der Waals surface area contributed by atoms with Crippen molar-refractivity contribution in [2.24, 2.45) is 5.73 Å². The summed E-state index contributed by atoms with van der Waals surface area (Å²) in [6.45, 7) is 2.28. The standard InChI is InChI=1S/C24H43NO.C5H5.Fe/c1-2-3-4-5-6-7-8-9-10-11-12-13-14-15-16-21-23(25)24(26)22-19-17-18-20-22;1-2-4-5-3-1;/h17-20,23,26H,2-16,21,25H2,1H3;1-5H;/q;-1;. The summed E-state index contributed by atoms with van der Waals surface area (Å²) in [5.41, 5.74) is 6.95. The first kappa shape index (κ1) is 30.8. The first-order chi connectivity index (χ1) is 15.3. The second kappa shape index (κ2) is 23.0. The van der Waals surface area contributed by atoms with Crippen molar-refractivity contribution in [3.63, 3.8) is 0 Å². The summed E-state index contributed by atoms with van der Waals surface area (Å²) >= 11 is 0. The molecule has 3 N–H and O–H groups in total. The molecular formula is C29H48FeNO-. The fraction of sp³-hybridized carbons (Fsp3) is 0.621. The van der Waals surface area contributed by atoms with Crippen molar-refractivity contribution in [1.82, 2.24) is 0 Å². The van der Waals surface area contributed by atoms with Crippen molar-refractivity contribution in [1.29, 1.82) is 0 Å². The van der Waals surface area contributed by atoms with Gasteiger partial charge in [0.15, 0.2) is 0 Å². The van der Waals surface area contributed by atoms with Crippen molar-refractivity contribution in [3.8, 4) is 0 Å². The fourth-order valence-electron chi connectivity index (χ4n) is 3.95. The number of nitrogens with two attached hydrogens (primary N) is 1. The quantitative estimate of drug-likeness (QED) is 0.101. The van der Waals surface area contributed by atoms with E-state index in [4.69, 9.17) is 5.73 Å². The van der Waals surface area contributed by atoms with Crippen molar-refractivity contribution < 1.29 is 22.2 Å². The summed E-state index contributed by atoms with van der Waals surface area (Å²) in [6.07, 6.45) is 29.2. The van der Waals surface area contributed by atoms with E-state index < -0.39 is 0 Å². The van der Waals surface area contributed by atoms with Crippen LogP contribution >= 0.6 is 0 Å². The third-order valence-electron chi connectivity index (χ3n) is 5.98. The van der Waals surface area contributed by atoms with Gasteiger partial charge in [-0.25, -0.2) is 12.1 Å². The number of rotatable bonds is 17. The Hall–Kier alpha value is -1.15. The van der Waals surface area contributed by atoms with Crippen LogP contribution in [0, 0.1) is 0 Å². The molecule has 2 nitrogen and oxygen atoms in total. The third kappa shape index (κ3) is 17.4. The Kier molecular flexibility index (Phi) is 22.2. The average Bonchev–Trinajstić information content (AvgIpc) is 3.52. The van der Waals surface area contributed by atoms with Crippen LogP contribution in [0.3, 0.4) is 0 Å². The average molecular weight is 483 g/mol. The Bertz CT molecular complexity index is 557. The van der Waals surface area contributed by atoms with Crippen LogP contribution in [0.1, 0.15) is 110 Å². The Balaban J connectivity index is 0.00000140. The normalized spacial score (nSPS) is 12.9. The maximum atomic E-state index is 10.1. The molecule has 1 aromatic rings. The van der Waals surface area contributed by atoms with E-state index in [2.05, 4.69) is 6.92 Å². The zero-order chi connectivity index (χ0) is 22.4. The number of aliphatic hydroxyl groups is 1.